The van der Waals surface area contributed by atoms with Crippen LogP contribution in [-0.2, 0) is 33.8 Å². The van der Waals surface area contributed by atoms with Crippen molar-refractivity contribution in [2.45, 2.75) is 63.1 Å². The molecule has 5 rings (SSSR count). The fourth-order valence-electron chi connectivity index (χ4n) is 5.51. The van der Waals surface area contributed by atoms with Gasteiger partial charge in [0.05, 0.1) is 37.9 Å². The second kappa shape index (κ2) is 10.5. The minimum Gasteiger partial charge on any atom is -0.389 e. The number of carbonyl (C=O) groups excluding carboxylic acids is 1. The summed E-state index contributed by atoms with van der Waals surface area (Å²) in [6.07, 6.45) is 1.81. The van der Waals surface area contributed by atoms with Gasteiger partial charge in [0.25, 0.3) is 0 Å². The van der Waals surface area contributed by atoms with Crippen molar-refractivity contribution in [3.8, 4) is 0 Å². The number of amides is 1. The SMILES string of the molecule is O=C(C[C@@H]1CC[C@H]2[C@@H](COC[C@@H](O)CN2Cc2ccccc2F)O1)N1CCc2ccccc2C1. The predicted molar refractivity (Wildman–Crippen MR) is 125 cm³/mol. The molecule has 3 aliphatic heterocycles. The van der Waals surface area contributed by atoms with Crippen molar-refractivity contribution in [3.05, 3.63) is 71.0 Å². The van der Waals surface area contributed by atoms with Crippen molar-refractivity contribution in [1.29, 1.82) is 0 Å². The second-order valence-corrected chi connectivity index (χ2v) is 9.69. The highest BCUT2D eigenvalue weighted by Gasteiger charge is 2.38. The third kappa shape index (κ3) is 5.33. The summed E-state index contributed by atoms with van der Waals surface area (Å²) >= 11 is 0. The maximum absolute atomic E-state index is 14.3. The van der Waals surface area contributed by atoms with Crippen LogP contribution in [-0.4, -0.2) is 71.5 Å². The van der Waals surface area contributed by atoms with Crippen LogP contribution >= 0.6 is 0 Å². The van der Waals surface area contributed by atoms with E-state index < -0.39 is 6.10 Å². The van der Waals surface area contributed by atoms with Crippen LogP contribution in [0.4, 0.5) is 4.39 Å². The van der Waals surface area contributed by atoms with Gasteiger partial charge < -0.3 is 19.5 Å². The van der Waals surface area contributed by atoms with Crippen LogP contribution in [0.15, 0.2) is 48.5 Å². The number of nitrogens with zero attached hydrogens (tertiary/aromatic N) is 2. The van der Waals surface area contributed by atoms with Gasteiger partial charge in [-0.2, -0.15) is 0 Å². The molecule has 182 valence electrons. The molecule has 0 bridgehead atoms. The Kier molecular flexibility index (Phi) is 7.25. The molecule has 7 heteroatoms. The number of aliphatic hydroxyl groups excluding tert-OH is 1. The predicted octanol–water partition coefficient (Wildman–Crippen LogP) is 2.91. The highest BCUT2D eigenvalue weighted by Crippen LogP contribution is 2.30. The lowest BCUT2D eigenvalue weighted by molar-refractivity contribution is -0.161. The molecule has 2 fully saturated rings. The number of aliphatic hydroxyl groups is 1. The highest BCUT2D eigenvalue weighted by molar-refractivity contribution is 5.77. The molecule has 2 aromatic carbocycles. The third-order valence-electron chi connectivity index (χ3n) is 7.30. The van der Waals surface area contributed by atoms with E-state index in [0.29, 0.717) is 38.2 Å². The van der Waals surface area contributed by atoms with E-state index in [1.165, 1.54) is 17.2 Å². The number of fused-ring (bicyclic) bond motifs is 2. The first-order valence-corrected chi connectivity index (χ1v) is 12.3. The molecule has 3 heterocycles. The van der Waals surface area contributed by atoms with Crippen LogP contribution in [0.1, 0.15) is 36.0 Å². The van der Waals surface area contributed by atoms with E-state index in [0.717, 1.165) is 25.8 Å². The minimum absolute atomic E-state index is 0.00257. The van der Waals surface area contributed by atoms with Crippen molar-refractivity contribution < 1.29 is 23.8 Å². The number of carbonyl (C=O) groups is 1. The molecule has 2 saturated heterocycles. The largest absolute Gasteiger partial charge is 0.389 e. The molecule has 0 aliphatic carbocycles. The molecule has 0 radical (unpaired) electrons. The van der Waals surface area contributed by atoms with Crippen molar-refractivity contribution in [2.24, 2.45) is 0 Å². The molecular weight excluding hydrogens is 435 g/mol. The summed E-state index contributed by atoms with van der Waals surface area (Å²) in [5, 5.41) is 10.4. The lowest BCUT2D eigenvalue weighted by Crippen LogP contribution is -2.55. The number of halogens is 1. The minimum atomic E-state index is -0.631. The molecule has 0 saturated carbocycles. The van der Waals surface area contributed by atoms with E-state index in [9.17, 15) is 14.3 Å². The Bertz CT molecular complexity index is 1000. The van der Waals surface area contributed by atoms with Crippen molar-refractivity contribution in [1.82, 2.24) is 9.80 Å². The molecule has 1 amide bonds. The molecule has 0 aromatic heterocycles. The Hall–Kier alpha value is -2.32. The Labute approximate surface area is 200 Å². The molecule has 3 aliphatic rings. The summed E-state index contributed by atoms with van der Waals surface area (Å²) in [5.41, 5.74) is 3.16. The number of β-amino-alcohol motifs (C(OH)–C–C–N with tert-alkyl or cyclic N) is 1. The van der Waals surface area contributed by atoms with E-state index in [1.807, 2.05) is 23.1 Å². The van der Waals surface area contributed by atoms with Crippen LogP contribution < -0.4 is 0 Å². The Morgan fingerprint density at radius 2 is 1.85 bits per heavy atom. The van der Waals surface area contributed by atoms with Crippen LogP contribution in [0.5, 0.6) is 0 Å². The van der Waals surface area contributed by atoms with Crippen molar-refractivity contribution >= 4 is 5.91 Å². The maximum atomic E-state index is 14.3. The number of ether oxygens (including phenoxy) is 2. The molecule has 34 heavy (non-hydrogen) atoms. The smallest absolute Gasteiger partial charge is 0.225 e. The van der Waals surface area contributed by atoms with Gasteiger partial charge in [-0.3, -0.25) is 9.69 Å². The second-order valence-electron chi connectivity index (χ2n) is 9.69. The van der Waals surface area contributed by atoms with E-state index in [1.54, 1.807) is 12.1 Å². The van der Waals surface area contributed by atoms with Gasteiger partial charge in [0.2, 0.25) is 5.91 Å². The first-order chi connectivity index (χ1) is 16.6. The van der Waals surface area contributed by atoms with E-state index in [2.05, 4.69) is 17.0 Å². The van der Waals surface area contributed by atoms with E-state index in [-0.39, 0.29) is 36.6 Å². The molecule has 6 nitrogen and oxygen atoms in total. The molecule has 0 unspecified atom stereocenters. The monoisotopic (exact) mass is 468 g/mol. The number of benzene rings is 2. The maximum Gasteiger partial charge on any atom is 0.225 e. The van der Waals surface area contributed by atoms with Gasteiger partial charge in [-0.1, -0.05) is 42.5 Å². The summed E-state index contributed by atoms with van der Waals surface area (Å²) in [7, 11) is 0. The topological polar surface area (TPSA) is 62.2 Å². The van der Waals surface area contributed by atoms with Crippen LogP contribution in [0, 0.1) is 5.82 Å². The van der Waals surface area contributed by atoms with Gasteiger partial charge in [0, 0.05) is 37.8 Å². The Morgan fingerprint density at radius 1 is 1.06 bits per heavy atom. The average Bonchev–Trinajstić information content (AvgIpc) is 2.84. The average molecular weight is 469 g/mol. The summed E-state index contributed by atoms with van der Waals surface area (Å²) in [6.45, 7) is 2.78. The third-order valence-corrected chi connectivity index (χ3v) is 7.30. The Balaban J connectivity index is 1.23. The fraction of sp³-hybridized carbons (Fsp3) is 0.519. The van der Waals surface area contributed by atoms with Crippen LogP contribution in [0.2, 0.25) is 0 Å². The first-order valence-electron chi connectivity index (χ1n) is 12.3. The molecular formula is C27H33FN2O4. The van der Waals surface area contributed by atoms with Gasteiger partial charge in [-0.05, 0) is 36.5 Å². The number of hydrogen-bond acceptors (Lipinski definition) is 5. The lowest BCUT2D eigenvalue weighted by Gasteiger charge is -2.44. The number of hydrogen-bond donors (Lipinski definition) is 1. The molecule has 2 aromatic rings. The van der Waals surface area contributed by atoms with Crippen LogP contribution in [0.3, 0.4) is 0 Å². The standard InChI is InChI=1S/C27H33FN2O4/c28-24-8-4-3-7-21(24)15-30-16-22(31)17-33-18-26-25(30)10-9-23(34-26)13-27(32)29-12-11-19-5-1-2-6-20(19)14-29/h1-8,22-23,25-26,31H,9-18H2/t22-,23-,25-,26+/m0/s1. The van der Waals surface area contributed by atoms with Crippen molar-refractivity contribution in [3.63, 3.8) is 0 Å². The van der Waals surface area contributed by atoms with E-state index in [4.69, 9.17) is 9.47 Å². The zero-order valence-electron chi connectivity index (χ0n) is 19.4. The van der Waals surface area contributed by atoms with Gasteiger partial charge in [0.1, 0.15) is 5.82 Å². The summed E-state index contributed by atoms with van der Waals surface area (Å²) in [4.78, 5) is 17.1. The highest BCUT2D eigenvalue weighted by atomic mass is 19.1. The fourth-order valence-corrected chi connectivity index (χ4v) is 5.51. The summed E-state index contributed by atoms with van der Waals surface area (Å²) in [5.74, 6) is -0.112. The van der Waals surface area contributed by atoms with Crippen molar-refractivity contribution in [2.75, 3.05) is 26.3 Å². The molecule has 4 atom stereocenters. The van der Waals surface area contributed by atoms with Gasteiger partial charge in [0.15, 0.2) is 0 Å². The number of rotatable bonds is 4. The molecule has 0 spiro atoms. The normalized spacial score (nSPS) is 27.9. The van der Waals surface area contributed by atoms with E-state index >= 15 is 0 Å². The zero-order valence-corrected chi connectivity index (χ0v) is 19.4. The first kappa shape index (κ1) is 23.4. The Morgan fingerprint density at radius 3 is 2.71 bits per heavy atom. The summed E-state index contributed by atoms with van der Waals surface area (Å²) < 4.78 is 26.5. The van der Waals surface area contributed by atoms with Gasteiger partial charge in [-0.25, -0.2) is 4.39 Å². The summed E-state index contributed by atoms with van der Waals surface area (Å²) in [6, 6.07) is 15.1. The van der Waals surface area contributed by atoms with Gasteiger partial charge >= 0.3 is 0 Å². The molecule has 1 N–H and O–H groups in total. The lowest BCUT2D eigenvalue weighted by atomic mass is 9.93. The zero-order chi connectivity index (χ0) is 23.5. The van der Waals surface area contributed by atoms with Crippen LogP contribution in [0.25, 0.3) is 0 Å². The quantitative estimate of drug-likeness (QED) is 0.748. The van der Waals surface area contributed by atoms with Gasteiger partial charge in [-0.15, -0.1) is 0 Å².